The molecular formula is C24H22N4O3. The normalized spacial score (nSPS) is 20.7. The maximum Gasteiger partial charge on any atom is 0.269 e. The van der Waals surface area contributed by atoms with Crippen molar-refractivity contribution >= 4 is 22.7 Å². The van der Waals surface area contributed by atoms with Crippen LogP contribution in [-0.4, -0.2) is 10.6 Å². The summed E-state index contributed by atoms with van der Waals surface area (Å²) >= 11 is 0. The number of non-ortho nitro benzene ring substituents is 1. The molecule has 1 atom stereocenters. The van der Waals surface area contributed by atoms with Gasteiger partial charge in [0.25, 0.3) is 5.69 Å². The zero-order valence-corrected chi connectivity index (χ0v) is 17.6. The first kappa shape index (κ1) is 19.2. The van der Waals surface area contributed by atoms with Crippen molar-refractivity contribution < 1.29 is 9.66 Å². The Morgan fingerprint density at radius 3 is 2.39 bits per heavy atom. The van der Waals surface area contributed by atoms with E-state index in [-0.39, 0.29) is 11.1 Å². The predicted molar refractivity (Wildman–Crippen MR) is 118 cm³/mol. The van der Waals surface area contributed by atoms with Crippen molar-refractivity contribution in [3.63, 3.8) is 0 Å². The van der Waals surface area contributed by atoms with Gasteiger partial charge in [-0.05, 0) is 62.7 Å². The van der Waals surface area contributed by atoms with Crippen LogP contribution in [0.3, 0.4) is 0 Å². The summed E-state index contributed by atoms with van der Waals surface area (Å²) in [6.45, 7) is 7.32. The molecule has 0 fully saturated rings. The number of nitro groups is 1. The first-order valence-corrected chi connectivity index (χ1v) is 10.1. The van der Waals surface area contributed by atoms with Crippen LogP contribution in [0.4, 0.5) is 22.7 Å². The highest BCUT2D eigenvalue weighted by atomic mass is 16.6. The van der Waals surface area contributed by atoms with E-state index in [1.165, 1.54) is 23.4 Å². The molecule has 2 heterocycles. The molecule has 156 valence electrons. The average Bonchev–Trinajstić information content (AvgIpc) is 2.94. The summed E-state index contributed by atoms with van der Waals surface area (Å²) in [5.41, 5.74) is 4.16. The molecule has 7 nitrogen and oxygen atoms in total. The highest BCUT2D eigenvalue weighted by Gasteiger charge is 2.57. The molecule has 5 rings (SSSR count). The van der Waals surface area contributed by atoms with Gasteiger partial charge in [-0.25, -0.2) is 0 Å². The van der Waals surface area contributed by atoms with Crippen molar-refractivity contribution in [2.24, 2.45) is 10.2 Å². The molecule has 0 aromatic heterocycles. The highest BCUT2D eigenvalue weighted by Crippen LogP contribution is 2.55. The van der Waals surface area contributed by atoms with E-state index in [1.807, 2.05) is 18.2 Å². The Morgan fingerprint density at radius 2 is 1.65 bits per heavy atom. The number of fused-ring (bicyclic) bond motifs is 4. The van der Waals surface area contributed by atoms with Gasteiger partial charge in [-0.15, -0.1) is 0 Å². The number of hydrogen-bond acceptors (Lipinski definition) is 6. The summed E-state index contributed by atoms with van der Waals surface area (Å²) in [5.74, 6) is 0.855. The van der Waals surface area contributed by atoms with Crippen LogP contribution >= 0.6 is 0 Å². The molecule has 0 aliphatic carbocycles. The van der Waals surface area contributed by atoms with Crippen molar-refractivity contribution in [3.05, 3.63) is 88.0 Å². The molecule has 0 saturated carbocycles. The topological polar surface area (TPSA) is 80.3 Å². The molecule has 0 spiro atoms. The van der Waals surface area contributed by atoms with Crippen molar-refractivity contribution in [1.82, 2.24) is 0 Å². The first-order valence-electron chi connectivity index (χ1n) is 10.1. The van der Waals surface area contributed by atoms with Gasteiger partial charge in [0.15, 0.2) is 5.72 Å². The van der Waals surface area contributed by atoms with Gasteiger partial charge in [0.1, 0.15) is 5.75 Å². The molecule has 31 heavy (non-hydrogen) atoms. The van der Waals surface area contributed by atoms with Crippen LogP contribution < -0.4 is 9.64 Å². The molecule has 0 unspecified atom stereocenters. The number of azo groups is 1. The first-order chi connectivity index (χ1) is 14.8. The van der Waals surface area contributed by atoms with Crippen LogP contribution in [0.25, 0.3) is 0 Å². The second-order valence-corrected chi connectivity index (χ2v) is 8.58. The lowest BCUT2D eigenvalue weighted by atomic mass is 9.78. The van der Waals surface area contributed by atoms with Crippen molar-refractivity contribution in [2.45, 2.75) is 38.5 Å². The average molecular weight is 414 g/mol. The molecule has 0 N–H and O–H groups in total. The van der Waals surface area contributed by atoms with E-state index in [9.17, 15) is 10.1 Å². The molecule has 2 aliphatic rings. The number of hydrogen-bond donors (Lipinski definition) is 0. The quantitative estimate of drug-likeness (QED) is 0.281. The summed E-state index contributed by atoms with van der Waals surface area (Å²) in [5, 5.41) is 19.3. The molecule has 0 radical (unpaired) electrons. The standard InChI is InChI=1S/C24H22N4O3/c1-23(2)20-6-4-5-7-21(20)27-15-16-14-18(10-13-22(16)31-24(23,27)3)26-25-17-8-11-19(12-9-17)28(29)30/h4-14H,15H2,1-3H3/t24-/m0/s1. The van der Waals surface area contributed by atoms with Crippen LogP contribution in [0.5, 0.6) is 5.75 Å². The fourth-order valence-electron chi connectivity index (χ4n) is 4.47. The number of nitrogens with zero attached hydrogens (tertiary/aromatic N) is 4. The molecule has 0 amide bonds. The summed E-state index contributed by atoms with van der Waals surface area (Å²) in [7, 11) is 0. The van der Waals surface area contributed by atoms with E-state index in [0.29, 0.717) is 17.9 Å². The number of anilines is 1. The van der Waals surface area contributed by atoms with E-state index >= 15 is 0 Å². The van der Waals surface area contributed by atoms with E-state index in [4.69, 9.17) is 4.74 Å². The minimum absolute atomic E-state index is 0.0294. The Kier molecular flexibility index (Phi) is 4.12. The molecule has 0 saturated heterocycles. The van der Waals surface area contributed by atoms with Crippen LogP contribution in [0, 0.1) is 10.1 Å². The number of benzene rings is 3. The Morgan fingerprint density at radius 1 is 0.968 bits per heavy atom. The van der Waals surface area contributed by atoms with Crippen LogP contribution in [0.15, 0.2) is 77.0 Å². The van der Waals surface area contributed by atoms with Gasteiger partial charge >= 0.3 is 0 Å². The maximum absolute atomic E-state index is 10.8. The number of para-hydroxylation sites is 1. The number of nitro benzene ring substituents is 1. The lowest BCUT2D eigenvalue weighted by Gasteiger charge is -2.48. The molecule has 3 aromatic rings. The monoisotopic (exact) mass is 414 g/mol. The molecule has 0 bridgehead atoms. The minimum Gasteiger partial charge on any atom is -0.467 e. The van der Waals surface area contributed by atoms with Gasteiger partial charge in [0, 0.05) is 23.4 Å². The third-order valence-corrected chi connectivity index (χ3v) is 6.57. The second kappa shape index (κ2) is 6.63. The van der Waals surface area contributed by atoms with E-state index < -0.39 is 10.6 Å². The third-order valence-electron chi connectivity index (χ3n) is 6.57. The molecule has 3 aromatic carbocycles. The summed E-state index contributed by atoms with van der Waals surface area (Å²) < 4.78 is 6.58. The number of ether oxygens (including phenoxy) is 1. The smallest absolute Gasteiger partial charge is 0.269 e. The lowest BCUT2D eigenvalue weighted by molar-refractivity contribution is -0.384. The Balaban J connectivity index is 1.45. The lowest BCUT2D eigenvalue weighted by Crippen LogP contribution is -2.59. The minimum atomic E-state index is -0.481. The van der Waals surface area contributed by atoms with Crippen molar-refractivity contribution in [1.29, 1.82) is 0 Å². The van der Waals surface area contributed by atoms with Gasteiger partial charge in [-0.1, -0.05) is 18.2 Å². The van der Waals surface area contributed by atoms with E-state index in [2.05, 4.69) is 60.2 Å². The van der Waals surface area contributed by atoms with Gasteiger partial charge in [-0.2, -0.15) is 10.2 Å². The largest absolute Gasteiger partial charge is 0.467 e. The van der Waals surface area contributed by atoms with Crippen molar-refractivity contribution in [2.75, 3.05) is 4.90 Å². The fourth-order valence-corrected chi connectivity index (χ4v) is 4.47. The summed E-state index contributed by atoms with van der Waals surface area (Å²) in [6.07, 6.45) is 0. The van der Waals surface area contributed by atoms with E-state index in [1.54, 1.807) is 12.1 Å². The summed E-state index contributed by atoms with van der Waals surface area (Å²) in [4.78, 5) is 12.7. The molecule has 2 aliphatic heterocycles. The molecular weight excluding hydrogens is 392 g/mol. The second-order valence-electron chi connectivity index (χ2n) is 8.58. The Bertz CT molecular complexity index is 1220. The SMILES string of the molecule is CC1(C)c2ccccc2N2Cc3cc(N=Nc4ccc([N+](=O)[O-])cc4)ccc3O[C@]21C. The maximum atomic E-state index is 10.8. The van der Waals surface area contributed by atoms with Crippen LogP contribution in [0.2, 0.25) is 0 Å². The van der Waals surface area contributed by atoms with E-state index in [0.717, 1.165) is 11.3 Å². The van der Waals surface area contributed by atoms with Gasteiger partial charge in [0.05, 0.1) is 28.3 Å². The third kappa shape index (κ3) is 2.88. The van der Waals surface area contributed by atoms with Crippen LogP contribution in [-0.2, 0) is 12.0 Å². The van der Waals surface area contributed by atoms with Crippen LogP contribution in [0.1, 0.15) is 31.9 Å². The zero-order chi connectivity index (χ0) is 21.8. The zero-order valence-electron chi connectivity index (χ0n) is 17.6. The Labute approximate surface area is 180 Å². The number of rotatable bonds is 3. The fraction of sp³-hybridized carbons (Fsp3) is 0.250. The predicted octanol–water partition coefficient (Wildman–Crippen LogP) is 6.42. The molecule has 7 heteroatoms. The van der Waals surface area contributed by atoms with Gasteiger partial charge in [-0.3, -0.25) is 10.1 Å². The van der Waals surface area contributed by atoms with Gasteiger partial charge < -0.3 is 9.64 Å². The highest BCUT2D eigenvalue weighted by molar-refractivity contribution is 5.68. The Hall–Kier alpha value is -3.74. The summed E-state index contributed by atoms with van der Waals surface area (Å²) in [6, 6.07) is 20.3. The van der Waals surface area contributed by atoms with Crippen molar-refractivity contribution in [3.8, 4) is 5.75 Å². The van der Waals surface area contributed by atoms with Gasteiger partial charge in [0.2, 0.25) is 0 Å².